The summed E-state index contributed by atoms with van der Waals surface area (Å²) in [5, 5.41) is 28.7. The number of hydrogen-bond donors (Lipinski definition) is 3. The number of rotatable bonds is 2. The molecule has 0 saturated carbocycles. The quantitative estimate of drug-likeness (QED) is 0.558. The maximum atomic E-state index is 11.2. The molecule has 0 aromatic carbocycles. The van der Waals surface area contributed by atoms with Crippen molar-refractivity contribution in [2.75, 3.05) is 0 Å². The molecule has 88 valence electrons. The number of carbonyl (C=O) groups excluding carboxylic acids is 1. The molecule has 15 heavy (non-hydrogen) atoms. The first-order chi connectivity index (χ1) is 6.86. The first kappa shape index (κ1) is 12.6. The van der Waals surface area contributed by atoms with Crippen LogP contribution in [0, 0.1) is 5.92 Å². The van der Waals surface area contributed by atoms with Gasteiger partial charge in [0, 0.05) is 0 Å². The largest absolute Gasteiger partial charge is 0.388 e. The molecule has 1 rings (SSSR count). The number of ketones is 1. The van der Waals surface area contributed by atoms with E-state index >= 15 is 0 Å². The van der Waals surface area contributed by atoms with Gasteiger partial charge in [-0.05, 0) is 12.8 Å². The van der Waals surface area contributed by atoms with Gasteiger partial charge in [-0.25, -0.2) is 0 Å². The van der Waals surface area contributed by atoms with E-state index < -0.39 is 30.5 Å². The summed E-state index contributed by atoms with van der Waals surface area (Å²) in [6.45, 7) is 4.92. The molecule has 2 unspecified atom stereocenters. The van der Waals surface area contributed by atoms with Crippen molar-refractivity contribution in [1.29, 1.82) is 0 Å². The van der Waals surface area contributed by atoms with E-state index in [9.17, 15) is 20.1 Å². The number of carbonyl (C=O) groups is 1. The van der Waals surface area contributed by atoms with Crippen LogP contribution < -0.4 is 0 Å². The summed E-state index contributed by atoms with van der Waals surface area (Å²) in [7, 11) is 0. The predicted molar refractivity (Wildman–Crippen MR) is 52.2 cm³/mol. The van der Waals surface area contributed by atoms with E-state index in [1.165, 1.54) is 6.92 Å². The van der Waals surface area contributed by atoms with E-state index in [-0.39, 0.29) is 11.7 Å². The summed E-state index contributed by atoms with van der Waals surface area (Å²) in [5.74, 6) is -0.386. The molecule has 1 heterocycles. The number of aliphatic hydroxyl groups is 3. The standard InChI is InChI=1S/C10H18O5/c1-4(2)9-7(13)6(12)8(14)10(15-9)5(3)11/h4,6-10,12-14H,1-3H3/t6-,7?,8-,9+,10?/m1/s1. The maximum Gasteiger partial charge on any atom is 0.161 e. The van der Waals surface area contributed by atoms with Crippen LogP contribution in [-0.2, 0) is 9.53 Å². The van der Waals surface area contributed by atoms with Gasteiger partial charge in [0.2, 0.25) is 0 Å². The molecular weight excluding hydrogens is 200 g/mol. The maximum absolute atomic E-state index is 11.2. The van der Waals surface area contributed by atoms with Crippen molar-refractivity contribution in [3.05, 3.63) is 0 Å². The number of Topliss-reactive ketones (excluding diaryl/α,β-unsaturated/α-hetero) is 1. The molecule has 1 fully saturated rings. The molecule has 5 heteroatoms. The fourth-order valence-corrected chi connectivity index (χ4v) is 1.79. The third kappa shape index (κ3) is 2.36. The zero-order valence-electron chi connectivity index (χ0n) is 9.12. The van der Waals surface area contributed by atoms with Crippen LogP contribution >= 0.6 is 0 Å². The topological polar surface area (TPSA) is 87.0 Å². The van der Waals surface area contributed by atoms with Gasteiger partial charge in [0.05, 0.1) is 6.10 Å². The minimum Gasteiger partial charge on any atom is -0.388 e. The summed E-state index contributed by atoms with van der Waals surface area (Å²) < 4.78 is 5.29. The van der Waals surface area contributed by atoms with Crippen molar-refractivity contribution >= 4 is 5.78 Å². The molecule has 1 aliphatic rings. The molecular formula is C10H18O5. The number of aliphatic hydroxyl groups excluding tert-OH is 3. The first-order valence-corrected chi connectivity index (χ1v) is 5.06. The zero-order valence-corrected chi connectivity index (χ0v) is 9.12. The van der Waals surface area contributed by atoms with Crippen LogP contribution in [-0.4, -0.2) is 51.6 Å². The molecule has 0 spiro atoms. The highest BCUT2D eigenvalue weighted by Gasteiger charge is 2.46. The lowest BCUT2D eigenvalue weighted by Gasteiger charge is -2.41. The summed E-state index contributed by atoms with van der Waals surface area (Å²) in [6.07, 6.45) is -5.52. The molecule has 5 nitrogen and oxygen atoms in total. The van der Waals surface area contributed by atoms with Gasteiger partial charge >= 0.3 is 0 Å². The van der Waals surface area contributed by atoms with Crippen molar-refractivity contribution in [2.45, 2.75) is 51.3 Å². The van der Waals surface area contributed by atoms with Gasteiger partial charge in [-0.15, -0.1) is 0 Å². The van der Waals surface area contributed by atoms with Crippen molar-refractivity contribution < 1.29 is 24.9 Å². The van der Waals surface area contributed by atoms with Crippen LogP contribution in [0.25, 0.3) is 0 Å². The minimum absolute atomic E-state index is 0.0380. The number of ether oxygens (including phenoxy) is 1. The van der Waals surface area contributed by atoms with Gasteiger partial charge in [-0.2, -0.15) is 0 Å². The van der Waals surface area contributed by atoms with Crippen LogP contribution in [0.3, 0.4) is 0 Å². The molecule has 0 radical (unpaired) electrons. The van der Waals surface area contributed by atoms with Crippen LogP contribution in [0.4, 0.5) is 0 Å². The fourth-order valence-electron chi connectivity index (χ4n) is 1.79. The predicted octanol–water partition coefficient (Wildman–Crippen LogP) is -0.919. The second-order valence-corrected chi connectivity index (χ2v) is 4.35. The van der Waals surface area contributed by atoms with Gasteiger partial charge < -0.3 is 20.1 Å². The highest BCUT2D eigenvalue weighted by Crippen LogP contribution is 2.26. The van der Waals surface area contributed by atoms with Crippen LogP contribution in [0.5, 0.6) is 0 Å². The average molecular weight is 218 g/mol. The fraction of sp³-hybridized carbons (Fsp3) is 0.900. The van der Waals surface area contributed by atoms with E-state index in [4.69, 9.17) is 4.74 Å². The Morgan fingerprint density at radius 2 is 1.67 bits per heavy atom. The van der Waals surface area contributed by atoms with Crippen LogP contribution in [0.15, 0.2) is 0 Å². The second kappa shape index (κ2) is 4.57. The lowest BCUT2D eigenvalue weighted by Crippen LogP contribution is -2.60. The van der Waals surface area contributed by atoms with E-state index in [1.54, 1.807) is 0 Å². The lowest BCUT2D eigenvalue weighted by molar-refractivity contribution is -0.227. The van der Waals surface area contributed by atoms with Crippen molar-refractivity contribution in [3.63, 3.8) is 0 Å². The first-order valence-electron chi connectivity index (χ1n) is 5.06. The molecule has 3 N–H and O–H groups in total. The Kier molecular flexibility index (Phi) is 3.83. The molecule has 0 aromatic rings. The Morgan fingerprint density at radius 1 is 1.13 bits per heavy atom. The third-order valence-electron chi connectivity index (χ3n) is 2.71. The normalized spacial score (nSPS) is 41.9. The molecule has 5 atom stereocenters. The van der Waals surface area contributed by atoms with Gasteiger partial charge in [-0.1, -0.05) is 13.8 Å². The lowest BCUT2D eigenvalue weighted by atomic mass is 9.88. The SMILES string of the molecule is CC(=O)C1O[C@@H](C(C)C)C(O)[C@@H](O)[C@H]1O. The van der Waals surface area contributed by atoms with Gasteiger partial charge in [-0.3, -0.25) is 4.79 Å². The molecule has 0 aliphatic carbocycles. The van der Waals surface area contributed by atoms with Crippen molar-refractivity contribution in [2.24, 2.45) is 5.92 Å². The van der Waals surface area contributed by atoms with E-state index in [1.807, 2.05) is 13.8 Å². The van der Waals surface area contributed by atoms with E-state index in [0.29, 0.717) is 0 Å². The molecule has 0 aromatic heterocycles. The van der Waals surface area contributed by atoms with Crippen molar-refractivity contribution in [3.8, 4) is 0 Å². The summed E-state index contributed by atoms with van der Waals surface area (Å²) in [6, 6.07) is 0. The molecule has 1 aliphatic heterocycles. The summed E-state index contributed by atoms with van der Waals surface area (Å²) >= 11 is 0. The summed E-state index contributed by atoms with van der Waals surface area (Å²) in [5.41, 5.74) is 0. The highest BCUT2D eigenvalue weighted by molar-refractivity contribution is 5.81. The highest BCUT2D eigenvalue weighted by atomic mass is 16.5. The Hall–Kier alpha value is -0.490. The monoisotopic (exact) mass is 218 g/mol. The van der Waals surface area contributed by atoms with E-state index in [0.717, 1.165) is 0 Å². The van der Waals surface area contributed by atoms with Gasteiger partial charge in [0.15, 0.2) is 5.78 Å². The Labute approximate surface area is 88.7 Å². The molecule has 0 amide bonds. The minimum atomic E-state index is -1.35. The zero-order chi connectivity index (χ0) is 11.7. The summed E-state index contributed by atoms with van der Waals surface area (Å²) in [4.78, 5) is 11.2. The van der Waals surface area contributed by atoms with Gasteiger partial charge in [0.1, 0.15) is 24.4 Å². The molecule has 0 bridgehead atoms. The second-order valence-electron chi connectivity index (χ2n) is 4.35. The Morgan fingerprint density at radius 3 is 2.07 bits per heavy atom. The third-order valence-corrected chi connectivity index (χ3v) is 2.71. The number of hydrogen-bond acceptors (Lipinski definition) is 5. The van der Waals surface area contributed by atoms with Gasteiger partial charge in [0.25, 0.3) is 0 Å². The average Bonchev–Trinajstić information content (AvgIpc) is 2.13. The molecule has 1 saturated heterocycles. The Balaban J connectivity index is 2.85. The van der Waals surface area contributed by atoms with E-state index in [2.05, 4.69) is 0 Å². The smallest absolute Gasteiger partial charge is 0.161 e. The van der Waals surface area contributed by atoms with Crippen LogP contribution in [0.2, 0.25) is 0 Å². The van der Waals surface area contributed by atoms with Crippen molar-refractivity contribution in [1.82, 2.24) is 0 Å². The van der Waals surface area contributed by atoms with Crippen LogP contribution in [0.1, 0.15) is 20.8 Å². The Bertz CT molecular complexity index is 240.